The minimum absolute atomic E-state index is 0.0809. The molecule has 10 nitrogen and oxygen atoms in total. The number of hydrogen-bond donors (Lipinski definition) is 2. The fraction of sp³-hybridized carbons (Fsp3) is 0.259. The molecule has 0 aromatic heterocycles. The summed E-state index contributed by atoms with van der Waals surface area (Å²) in [5.41, 5.74) is 0.812. The molecule has 0 atom stereocenters. The predicted molar refractivity (Wildman–Crippen MR) is 144 cm³/mol. The van der Waals surface area contributed by atoms with Crippen LogP contribution in [0, 0.1) is 0 Å². The first-order valence-corrected chi connectivity index (χ1v) is 13.2. The number of sulfonamides is 1. The highest BCUT2D eigenvalue weighted by atomic mass is 32.2. The smallest absolute Gasteiger partial charge is 0.264 e. The number of nitrogens with zero attached hydrogens (tertiary/aromatic N) is 1. The Kier molecular flexibility index (Phi) is 10.1. The molecule has 0 heterocycles. The molecule has 0 saturated carbocycles. The molecule has 0 spiro atoms. The summed E-state index contributed by atoms with van der Waals surface area (Å²) < 4.78 is 43.9. The number of hydrogen-bond acceptors (Lipinski definition) is 7. The quantitative estimate of drug-likeness (QED) is 0.318. The maximum absolute atomic E-state index is 13.7. The van der Waals surface area contributed by atoms with Crippen LogP contribution in [0.3, 0.4) is 0 Å². The molecule has 0 bridgehead atoms. The van der Waals surface area contributed by atoms with Gasteiger partial charge in [0.25, 0.3) is 15.9 Å². The minimum Gasteiger partial charge on any atom is -0.493 e. The highest BCUT2D eigenvalue weighted by Gasteiger charge is 2.28. The Morgan fingerprint density at radius 2 is 1.55 bits per heavy atom. The summed E-state index contributed by atoms with van der Waals surface area (Å²) in [5.74, 6) is -0.392. The fourth-order valence-electron chi connectivity index (χ4n) is 3.64. The lowest BCUT2D eigenvalue weighted by atomic mass is 10.1. The Hall–Kier alpha value is -4.09. The van der Waals surface area contributed by atoms with Crippen LogP contribution in [0.5, 0.6) is 11.5 Å². The first-order valence-electron chi connectivity index (χ1n) is 11.8. The monoisotopic (exact) mass is 541 g/mol. The molecule has 3 aromatic rings. The van der Waals surface area contributed by atoms with Gasteiger partial charge in [0.15, 0.2) is 11.5 Å². The van der Waals surface area contributed by atoms with Gasteiger partial charge in [0.05, 0.1) is 36.1 Å². The molecule has 11 heteroatoms. The lowest BCUT2D eigenvalue weighted by Gasteiger charge is -2.24. The Bertz CT molecular complexity index is 1350. The lowest BCUT2D eigenvalue weighted by molar-refractivity contribution is -0.114. The van der Waals surface area contributed by atoms with Gasteiger partial charge in [-0.15, -0.1) is 0 Å². The first kappa shape index (κ1) is 28.5. The van der Waals surface area contributed by atoms with Crippen molar-refractivity contribution in [2.75, 3.05) is 50.6 Å². The van der Waals surface area contributed by atoms with E-state index in [0.29, 0.717) is 31.0 Å². The number of carbonyl (C=O) groups is 2. The van der Waals surface area contributed by atoms with Crippen LogP contribution >= 0.6 is 0 Å². The molecule has 0 radical (unpaired) electrons. The van der Waals surface area contributed by atoms with E-state index in [1.807, 2.05) is 0 Å². The highest BCUT2D eigenvalue weighted by Crippen LogP contribution is 2.32. The summed E-state index contributed by atoms with van der Waals surface area (Å²) in [7, 11) is 0.236. The van der Waals surface area contributed by atoms with Crippen LogP contribution in [-0.4, -0.2) is 61.3 Å². The SMILES string of the molecule is COCCCNC(=O)c1ccccc1NC(=O)CN(c1ccccc1)S(=O)(=O)c1ccc(OC)c(OC)c1. The largest absolute Gasteiger partial charge is 0.493 e. The molecule has 0 aliphatic heterocycles. The van der Waals surface area contributed by atoms with Crippen molar-refractivity contribution in [2.45, 2.75) is 11.3 Å². The third kappa shape index (κ3) is 7.02. The Morgan fingerprint density at radius 3 is 2.24 bits per heavy atom. The molecule has 38 heavy (non-hydrogen) atoms. The summed E-state index contributed by atoms with van der Waals surface area (Å²) in [6.45, 7) is 0.368. The van der Waals surface area contributed by atoms with Crippen molar-refractivity contribution >= 4 is 33.2 Å². The number of amides is 2. The van der Waals surface area contributed by atoms with E-state index in [9.17, 15) is 18.0 Å². The van der Waals surface area contributed by atoms with Crippen molar-refractivity contribution in [1.82, 2.24) is 5.32 Å². The second kappa shape index (κ2) is 13.5. The van der Waals surface area contributed by atoms with Gasteiger partial charge in [-0.2, -0.15) is 0 Å². The zero-order valence-corrected chi connectivity index (χ0v) is 22.3. The van der Waals surface area contributed by atoms with Crippen LogP contribution in [0.25, 0.3) is 0 Å². The first-order chi connectivity index (χ1) is 18.3. The summed E-state index contributed by atoms with van der Waals surface area (Å²) in [6.07, 6.45) is 0.636. The van der Waals surface area contributed by atoms with Gasteiger partial charge in [0.1, 0.15) is 6.54 Å². The van der Waals surface area contributed by atoms with E-state index in [1.54, 1.807) is 61.7 Å². The molecule has 2 N–H and O–H groups in total. The number of nitrogens with one attached hydrogen (secondary N) is 2. The number of rotatable bonds is 13. The van der Waals surface area contributed by atoms with E-state index in [-0.39, 0.29) is 27.8 Å². The van der Waals surface area contributed by atoms with E-state index < -0.39 is 22.5 Å². The van der Waals surface area contributed by atoms with Crippen LogP contribution in [0.15, 0.2) is 77.7 Å². The summed E-state index contributed by atoms with van der Waals surface area (Å²) in [6, 6.07) is 19.0. The minimum atomic E-state index is -4.20. The van der Waals surface area contributed by atoms with E-state index in [2.05, 4.69) is 10.6 Å². The molecule has 0 fully saturated rings. The zero-order chi connectivity index (χ0) is 27.5. The molecular formula is C27H31N3O7S. The van der Waals surface area contributed by atoms with Gasteiger partial charge in [-0.1, -0.05) is 30.3 Å². The number of methoxy groups -OCH3 is 3. The van der Waals surface area contributed by atoms with Crippen LogP contribution in [0.1, 0.15) is 16.8 Å². The third-order valence-electron chi connectivity index (χ3n) is 5.53. The lowest BCUT2D eigenvalue weighted by Crippen LogP contribution is -2.38. The van der Waals surface area contributed by atoms with E-state index in [0.717, 1.165) is 4.31 Å². The van der Waals surface area contributed by atoms with Gasteiger partial charge >= 0.3 is 0 Å². The van der Waals surface area contributed by atoms with Crippen LogP contribution in [0.4, 0.5) is 11.4 Å². The summed E-state index contributed by atoms with van der Waals surface area (Å²) in [4.78, 5) is 25.8. The maximum Gasteiger partial charge on any atom is 0.264 e. The van der Waals surface area contributed by atoms with Crippen molar-refractivity contribution in [3.05, 3.63) is 78.4 Å². The van der Waals surface area contributed by atoms with Gasteiger partial charge in [-0.25, -0.2) is 8.42 Å². The number of carbonyl (C=O) groups excluding carboxylic acids is 2. The molecule has 0 saturated heterocycles. The summed E-state index contributed by atoms with van der Waals surface area (Å²) >= 11 is 0. The van der Waals surface area contributed by atoms with Gasteiger partial charge in [0, 0.05) is 26.3 Å². The number of anilines is 2. The van der Waals surface area contributed by atoms with Crippen LogP contribution in [0.2, 0.25) is 0 Å². The summed E-state index contributed by atoms with van der Waals surface area (Å²) in [5, 5.41) is 5.46. The zero-order valence-electron chi connectivity index (χ0n) is 21.5. The average molecular weight is 542 g/mol. The maximum atomic E-state index is 13.7. The van der Waals surface area contributed by atoms with Crippen molar-refractivity contribution in [3.8, 4) is 11.5 Å². The van der Waals surface area contributed by atoms with Crippen molar-refractivity contribution < 1.29 is 32.2 Å². The molecule has 0 aliphatic rings. The molecule has 202 valence electrons. The molecule has 3 aromatic carbocycles. The second-order valence-corrected chi connectivity index (χ2v) is 9.92. The van der Waals surface area contributed by atoms with E-state index in [1.165, 1.54) is 32.4 Å². The van der Waals surface area contributed by atoms with Gasteiger partial charge in [-0.3, -0.25) is 13.9 Å². The molecule has 3 rings (SSSR count). The number of ether oxygens (including phenoxy) is 3. The fourth-order valence-corrected chi connectivity index (χ4v) is 5.07. The predicted octanol–water partition coefficient (Wildman–Crippen LogP) is 3.30. The van der Waals surface area contributed by atoms with Crippen LogP contribution < -0.4 is 24.4 Å². The van der Waals surface area contributed by atoms with E-state index >= 15 is 0 Å². The van der Waals surface area contributed by atoms with Gasteiger partial charge in [-0.05, 0) is 42.8 Å². The Balaban J connectivity index is 1.87. The molecule has 0 unspecified atom stereocenters. The number of para-hydroxylation sites is 2. The molecule has 2 amide bonds. The average Bonchev–Trinajstić information content (AvgIpc) is 2.94. The number of benzene rings is 3. The molecule has 0 aliphatic carbocycles. The van der Waals surface area contributed by atoms with Gasteiger partial charge < -0.3 is 24.8 Å². The Labute approximate surface area is 222 Å². The molecular weight excluding hydrogens is 510 g/mol. The van der Waals surface area contributed by atoms with E-state index in [4.69, 9.17) is 14.2 Å². The standard InChI is InChI=1S/C27H31N3O7S/c1-35-17-9-16-28-27(32)22-12-7-8-13-23(22)29-26(31)19-30(20-10-5-4-6-11-20)38(33,34)21-14-15-24(36-2)25(18-21)37-3/h4-8,10-15,18H,9,16-17,19H2,1-3H3,(H,28,32)(H,29,31). The van der Waals surface area contributed by atoms with Crippen molar-refractivity contribution in [1.29, 1.82) is 0 Å². The third-order valence-corrected chi connectivity index (χ3v) is 7.30. The highest BCUT2D eigenvalue weighted by molar-refractivity contribution is 7.92. The topological polar surface area (TPSA) is 123 Å². The second-order valence-electron chi connectivity index (χ2n) is 8.06. The Morgan fingerprint density at radius 1 is 0.868 bits per heavy atom. The van der Waals surface area contributed by atoms with Crippen LogP contribution in [-0.2, 0) is 19.6 Å². The normalized spacial score (nSPS) is 10.9. The van der Waals surface area contributed by atoms with Crippen molar-refractivity contribution in [2.24, 2.45) is 0 Å². The van der Waals surface area contributed by atoms with Gasteiger partial charge in [0.2, 0.25) is 5.91 Å². The van der Waals surface area contributed by atoms with Crippen molar-refractivity contribution in [3.63, 3.8) is 0 Å².